The summed E-state index contributed by atoms with van der Waals surface area (Å²) in [4.78, 5) is 15.3. The van der Waals surface area contributed by atoms with Crippen LogP contribution in [0, 0.1) is 6.92 Å². The highest BCUT2D eigenvalue weighted by atomic mass is 16.4. The third-order valence-corrected chi connectivity index (χ3v) is 3.51. The van der Waals surface area contributed by atoms with E-state index in [-0.39, 0.29) is 5.56 Å². The second-order valence-electron chi connectivity index (χ2n) is 4.76. The zero-order valence-corrected chi connectivity index (χ0v) is 11.7. The number of rotatable bonds is 3. The van der Waals surface area contributed by atoms with E-state index in [2.05, 4.69) is 22.1 Å². The second-order valence-corrected chi connectivity index (χ2v) is 4.76. The van der Waals surface area contributed by atoms with E-state index >= 15 is 0 Å². The van der Waals surface area contributed by atoms with Crippen LogP contribution in [-0.4, -0.2) is 30.7 Å². The molecular formula is C15H14N4O2. The summed E-state index contributed by atoms with van der Waals surface area (Å²) < 4.78 is 1.83. The van der Waals surface area contributed by atoms with Crippen molar-refractivity contribution in [3.8, 4) is 11.4 Å². The number of carboxylic acids is 1. The predicted molar refractivity (Wildman–Crippen MR) is 77.3 cm³/mol. The molecule has 3 aromatic rings. The van der Waals surface area contributed by atoms with Gasteiger partial charge in [0.25, 0.3) is 0 Å². The second kappa shape index (κ2) is 4.97. The van der Waals surface area contributed by atoms with Gasteiger partial charge < -0.3 is 5.11 Å². The molecule has 0 radical (unpaired) electrons. The topological polar surface area (TPSA) is 80.4 Å². The van der Waals surface area contributed by atoms with Crippen LogP contribution in [0.2, 0.25) is 0 Å². The number of benzene rings is 1. The Labute approximate surface area is 121 Å². The van der Waals surface area contributed by atoms with Gasteiger partial charge in [0.1, 0.15) is 6.33 Å². The fourth-order valence-corrected chi connectivity index (χ4v) is 2.36. The Morgan fingerprint density at radius 2 is 1.95 bits per heavy atom. The molecule has 0 saturated carbocycles. The molecule has 0 fully saturated rings. The number of nitrogens with zero attached hydrogens (tertiary/aromatic N) is 4. The Morgan fingerprint density at radius 3 is 2.57 bits per heavy atom. The first-order valence-electron chi connectivity index (χ1n) is 6.64. The molecule has 0 aliphatic carbocycles. The van der Waals surface area contributed by atoms with Crippen LogP contribution in [0.1, 0.15) is 28.5 Å². The molecule has 0 aliphatic rings. The molecule has 1 aromatic carbocycles. The maximum atomic E-state index is 10.9. The lowest BCUT2D eigenvalue weighted by Gasteiger charge is -2.05. The van der Waals surface area contributed by atoms with Crippen LogP contribution in [0.3, 0.4) is 0 Å². The van der Waals surface area contributed by atoms with Gasteiger partial charge in [-0.3, -0.25) is 4.40 Å². The van der Waals surface area contributed by atoms with Crippen molar-refractivity contribution >= 4 is 11.6 Å². The van der Waals surface area contributed by atoms with Crippen molar-refractivity contribution in [1.82, 2.24) is 19.6 Å². The Balaban J connectivity index is 2.15. The van der Waals surface area contributed by atoms with Crippen LogP contribution < -0.4 is 0 Å². The average molecular weight is 282 g/mol. The van der Waals surface area contributed by atoms with Crippen molar-refractivity contribution in [3.63, 3.8) is 0 Å². The fraction of sp³-hybridized carbons (Fsp3) is 0.200. The van der Waals surface area contributed by atoms with Crippen LogP contribution >= 0.6 is 0 Å². The monoisotopic (exact) mass is 282 g/mol. The van der Waals surface area contributed by atoms with Gasteiger partial charge >= 0.3 is 5.97 Å². The zero-order valence-electron chi connectivity index (χ0n) is 11.7. The Kier molecular flexibility index (Phi) is 3.13. The van der Waals surface area contributed by atoms with E-state index in [4.69, 9.17) is 5.11 Å². The highest BCUT2D eigenvalue weighted by molar-refractivity contribution is 5.88. The molecule has 3 rings (SSSR count). The van der Waals surface area contributed by atoms with Crippen LogP contribution in [0.25, 0.3) is 17.0 Å². The molecule has 106 valence electrons. The largest absolute Gasteiger partial charge is 0.478 e. The molecule has 0 unspecified atom stereocenters. The lowest BCUT2D eigenvalue weighted by atomic mass is 10.1. The number of fused-ring (bicyclic) bond motifs is 1. The lowest BCUT2D eigenvalue weighted by molar-refractivity contribution is 0.0697. The van der Waals surface area contributed by atoms with Gasteiger partial charge in [-0.25, -0.2) is 9.78 Å². The number of aromatic nitrogens is 4. The van der Waals surface area contributed by atoms with Gasteiger partial charge in [0, 0.05) is 16.8 Å². The maximum absolute atomic E-state index is 10.9. The highest BCUT2D eigenvalue weighted by Crippen LogP contribution is 2.21. The molecule has 0 bridgehead atoms. The molecular weight excluding hydrogens is 268 g/mol. The third-order valence-electron chi connectivity index (χ3n) is 3.51. The zero-order chi connectivity index (χ0) is 15.0. The number of aryl methyl sites for hydroxylation is 2. The van der Waals surface area contributed by atoms with Crippen molar-refractivity contribution < 1.29 is 9.90 Å². The minimum Gasteiger partial charge on any atom is -0.478 e. The van der Waals surface area contributed by atoms with Gasteiger partial charge in [0.15, 0.2) is 11.5 Å². The van der Waals surface area contributed by atoms with Gasteiger partial charge in [-0.2, -0.15) is 0 Å². The first-order valence-corrected chi connectivity index (χ1v) is 6.64. The van der Waals surface area contributed by atoms with E-state index in [1.807, 2.05) is 11.3 Å². The highest BCUT2D eigenvalue weighted by Gasteiger charge is 2.13. The molecule has 0 spiro atoms. The summed E-state index contributed by atoms with van der Waals surface area (Å²) in [5.74, 6) is -0.289. The first-order chi connectivity index (χ1) is 10.1. The fourth-order valence-electron chi connectivity index (χ4n) is 2.36. The van der Waals surface area contributed by atoms with Crippen LogP contribution in [0.4, 0.5) is 0 Å². The standard InChI is InChI=1S/C15H14N4O2/c1-3-12-9(2)16-8-19-13(17-18-14(12)19)10-4-6-11(7-5-10)15(20)21/h4-8H,3H2,1-2H3,(H,20,21). The van der Waals surface area contributed by atoms with Crippen LogP contribution in [0.15, 0.2) is 30.6 Å². The summed E-state index contributed by atoms with van der Waals surface area (Å²) in [5.41, 5.74) is 3.86. The van der Waals surface area contributed by atoms with Gasteiger partial charge in [-0.1, -0.05) is 19.1 Å². The molecule has 2 aromatic heterocycles. The molecule has 0 saturated heterocycles. The Hall–Kier alpha value is -2.76. The Morgan fingerprint density at radius 1 is 1.24 bits per heavy atom. The first kappa shape index (κ1) is 13.2. The number of carbonyl (C=O) groups is 1. The van der Waals surface area contributed by atoms with E-state index < -0.39 is 5.97 Å². The van der Waals surface area contributed by atoms with Crippen LogP contribution in [-0.2, 0) is 6.42 Å². The minimum atomic E-state index is -0.946. The predicted octanol–water partition coefficient (Wildman–Crippen LogP) is 2.36. The molecule has 0 aliphatic heterocycles. The molecule has 6 nitrogen and oxygen atoms in total. The van der Waals surface area contributed by atoms with Crippen LogP contribution in [0.5, 0.6) is 0 Å². The lowest BCUT2D eigenvalue weighted by Crippen LogP contribution is -1.99. The smallest absolute Gasteiger partial charge is 0.335 e. The van der Waals surface area contributed by atoms with E-state index in [1.165, 1.54) is 0 Å². The summed E-state index contributed by atoms with van der Waals surface area (Å²) in [6.07, 6.45) is 2.53. The van der Waals surface area contributed by atoms with Crippen molar-refractivity contribution in [1.29, 1.82) is 0 Å². The van der Waals surface area contributed by atoms with E-state index in [9.17, 15) is 4.79 Å². The van der Waals surface area contributed by atoms with Crippen molar-refractivity contribution in [2.45, 2.75) is 20.3 Å². The number of hydrogen-bond donors (Lipinski definition) is 1. The van der Waals surface area contributed by atoms with E-state index in [0.717, 1.165) is 28.9 Å². The SMILES string of the molecule is CCc1c(C)ncn2c(-c3ccc(C(=O)O)cc3)nnc12. The minimum absolute atomic E-state index is 0.246. The number of aromatic carboxylic acids is 1. The van der Waals surface area contributed by atoms with Gasteiger partial charge in [0.2, 0.25) is 0 Å². The average Bonchev–Trinajstić information content (AvgIpc) is 2.91. The normalized spacial score (nSPS) is 11.0. The van der Waals surface area contributed by atoms with Gasteiger partial charge in [-0.15, -0.1) is 10.2 Å². The number of carboxylic acid groups (broad SMARTS) is 1. The van der Waals surface area contributed by atoms with Gasteiger partial charge in [-0.05, 0) is 25.5 Å². The summed E-state index contributed by atoms with van der Waals surface area (Å²) >= 11 is 0. The van der Waals surface area contributed by atoms with Crippen molar-refractivity contribution in [3.05, 3.63) is 47.4 Å². The van der Waals surface area contributed by atoms with Crippen molar-refractivity contribution in [2.24, 2.45) is 0 Å². The van der Waals surface area contributed by atoms with Crippen molar-refractivity contribution in [2.75, 3.05) is 0 Å². The number of hydrogen-bond acceptors (Lipinski definition) is 4. The molecule has 6 heteroatoms. The van der Waals surface area contributed by atoms with E-state index in [1.54, 1.807) is 30.6 Å². The summed E-state index contributed by atoms with van der Waals surface area (Å²) in [5, 5.41) is 17.4. The third kappa shape index (κ3) is 2.14. The summed E-state index contributed by atoms with van der Waals surface area (Å²) in [7, 11) is 0. The Bertz CT molecular complexity index is 822. The summed E-state index contributed by atoms with van der Waals surface area (Å²) in [6.45, 7) is 4.01. The molecule has 0 amide bonds. The van der Waals surface area contributed by atoms with E-state index in [0.29, 0.717) is 5.82 Å². The van der Waals surface area contributed by atoms with Gasteiger partial charge in [0.05, 0.1) is 5.56 Å². The summed E-state index contributed by atoms with van der Waals surface area (Å²) in [6, 6.07) is 6.57. The quantitative estimate of drug-likeness (QED) is 0.797. The molecule has 21 heavy (non-hydrogen) atoms. The molecule has 0 atom stereocenters. The molecule has 2 heterocycles. The molecule has 1 N–H and O–H groups in total. The maximum Gasteiger partial charge on any atom is 0.335 e.